The molecule has 2 aromatic heterocycles. The van der Waals surface area contributed by atoms with Crippen molar-refractivity contribution in [2.45, 2.75) is 13.8 Å². The Morgan fingerprint density at radius 2 is 2.11 bits per heavy atom. The van der Waals surface area contributed by atoms with Crippen LogP contribution in [0.1, 0.15) is 22.0 Å². The van der Waals surface area contributed by atoms with Crippen molar-refractivity contribution in [3.05, 3.63) is 41.5 Å². The molecule has 6 nitrogen and oxygen atoms in total. The van der Waals surface area contributed by atoms with Crippen molar-refractivity contribution in [2.75, 3.05) is 5.32 Å². The van der Waals surface area contributed by atoms with Gasteiger partial charge in [-0.1, -0.05) is 0 Å². The quantitative estimate of drug-likeness (QED) is 0.655. The van der Waals surface area contributed by atoms with Gasteiger partial charge in [-0.15, -0.1) is 0 Å². The van der Waals surface area contributed by atoms with Crippen LogP contribution in [0.25, 0.3) is 11.0 Å². The van der Waals surface area contributed by atoms with E-state index in [2.05, 4.69) is 25.5 Å². The maximum Gasteiger partial charge on any atom is 0.276 e. The summed E-state index contributed by atoms with van der Waals surface area (Å²) in [5.74, 6) is 0.612. The number of hydrogen-bond acceptors (Lipinski definition) is 3. The number of aryl methyl sites for hydroxylation is 2. The third-order valence-corrected chi connectivity index (χ3v) is 2.80. The van der Waals surface area contributed by atoms with Crippen LogP contribution in [0, 0.1) is 13.8 Å². The Morgan fingerprint density at radius 1 is 1.26 bits per heavy atom. The van der Waals surface area contributed by atoms with E-state index in [0.717, 1.165) is 22.6 Å². The summed E-state index contributed by atoms with van der Waals surface area (Å²) in [7, 11) is 0. The van der Waals surface area contributed by atoms with E-state index in [-0.39, 0.29) is 5.91 Å². The Hall–Kier alpha value is -2.63. The van der Waals surface area contributed by atoms with Gasteiger partial charge >= 0.3 is 0 Å². The number of imidazole rings is 1. The second-order valence-electron chi connectivity index (χ2n) is 4.44. The molecule has 0 aliphatic carbocycles. The second kappa shape index (κ2) is 4.24. The Balaban J connectivity index is 1.86. The van der Waals surface area contributed by atoms with Gasteiger partial charge in [0.05, 0.1) is 11.0 Å². The van der Waals surface area contributed by atoms with Gasteiger partial charge in [0.2, 0.25) is 0 Å². The van der Waals surface area contributed by atoms with Gasteiger partial charge < -0.3 is 10.3 Å². The van der Waals surface area contributed by atoms with Crippen LogP contribution in [0.5, 0.6) is 0 Å². The lowest BCUT2D eigenvalue weighted by atomic mass is 10.2. The van der Waals surface area contributed by atoms with E-state index in [0.29, 0.717) is 11.4 Å². The number of carbonyl (C=O) groups is 1. The van der Waals surface area contributed by atoms with Gasteiger partial charge in [0.15, 0.2) is 5.69 Å². The van der Waals surface area contributed by atoms with Crippen LogP contribution in [-0.4, -0.2) is 26.1 Å². The summed E-state index contributed by atoms with van der Waals surface area (Å²) < 4.78 is 0. The average molecular weight is 255 g/mol. The first kappa shape index (κ1) is 11.5. The van der Waals surface area contributed by atoms with Crippen LogP contribution in [0.2, 0.25) is 0 Å². The smallest absolute Gasteiger partial charge is 0.276 e. The molecule has 3 rings (SSSR count). The summed E-state index contributed by atoms with van der Waals surface area (Å²) in [5, 5.41) is 9.47. The molecule has 0 spiro atoms. The molecule has 2 heterocycles. The molecule has 0 aliphatic rings. The molecule has 6 heteroatoms. The predicted molar refractivity (Wildman–Crippen MR) is 72.1 cm³/mol. The van der Waals surface area contributed by atoms with Crippen molar-refractivity contribution in [1.82, 2.24) is 20.2 Å². The van der Waals surface area contributed by atoms with E-state index in [1.807, 2.05) is 32.0 Å². The van der Waals surface area contributed by atoms with Crippen molar-refractivity contribution in [1.29, 1.82) is 0 Å². The van der Waals surface area contributed by atoms with E-state index in [4.69, 9.17) is 0 Å². The van der Waals surface area contributed by atoms with Gasteiger partial charge in [0.1, 0.15) is 5.82 Å². The van der Waals surface area contributed by atoms with Gasteiger partial charge in [-0.2, -0.15) is 5.10 Å². The molecule has 0 saturated heterocycles. The van der Waals surface area contributed by atoms with Crippen molar-refractivity contribution in [3.8, 4) is 0 Å². The lowest BCUT2D eigenvalue weighted by Crippen LogP contribution is -2.12. The zero-order chi connectivity index (χ0) is 13.4. The highest BCUT2D eigenvalue weighted by molar-refractivity contribution is 6.03. The van der Waals surface area contributed by atoms with Crippen LogP contribution < -0.4 is 5.32 Å². The zero-order valence-corrected chi connectivity index (χ0v) is 10.6. The third-order valence-electron chi connectivity index (χ3n) is 2.80. The molecule has 1 aromatic carbocycles. The Morgan fingerprint density at radius 3 is 2.84 bits per heavy atom. The van der Waals surface area contributed by atoms with Crippen molar-refractivity contribution < 1.29 is 4.79 Å². The first-order chi connectivity index (χ1) is 9.11. The molecule has 0 fully saturated rings. The summed E-state index contributed by atoms with van der Waals surface area (Å²) >= 11 is 0. The summed E-state index contributed by atoms with van der Waals surface area (Å²) in [6.45, 7) is 3.74. The maximum atomic E-state index is 11.9. The van der Waals surface area contributed by atoms with Crippen molar-refractivity contribution in [2.24, 2.45) is 0 Å². The number of anilines is 1. The number of aromatic nitrogens is 4. The van der Waals surface area contributed by atoms with Crippen molar-refractivity contribution in [3.63, 3.8) is 0 Å². The summed E-state index contributed by atoms with van der Waals surface area (Å²) in [5.41, 5.74) is 3.71. The van der Waals surface area contributed by atoms with Gasteiger partial charge in [-0.3, -0.25) is 9.89 Å². The Kier molecular flexibility index (Phi) is 2.56. The molecular formula is C13H13N5O. The van der Waals surface area contributed by atoms with E-state index in [9.17, 15) is 4.79 Å². The molecule has 0 unspecified atom stereocenters. The van der Waals surface area contributed by atoms with Crippen LogP contribution in [0.15, 0.2) is 24.3 Å². The van der Waals surface area contributed by atoms with E-state index < -0.39 is 0 Å². The second-order valence-corrected chi connectivity index (χ2v) is 4.44. The number of fused-ring (bicyclic) bond motifs is 1. The highest BCUT2D eigenvalue weighted by Gasteiger charge is 2.10. The summed E-state index contributed by atoms with van der Waals surface area (Å²) in [6.07, 6.45) is 0. The SMILES string of the molecule is Cc1cc(C(=O)Nc2ccc3nc(C)[nH]c3c2)n[nH]1. The average Bonchev–Trinajstić information content (AvgIpc) is 2.93. The molecule has 0 aliphatic heterocycles. The molecule has 0 bridgehead atoms. The first-order valence-corrected chi connectivity index (χ1v) is 5.91. The fourth-order valence-corrected chi connectivity index (χ4v) is 1.94. The van der Waals surface area contributed by atoms with Gasteiger partial charge in [0, 0.05) is 11.4 Å². The number of nitrogens with one attached hydrogen (secondary N) is 3. The summed E-state index contributed by atoms with van der Waals surface area (Å²) in [4.78, 5) is 19.4. The van der Waals surface area contributed by atoms with Crippen molar-refractivity contribution >= 4 is 22.6 Å². The minimum Gasteiger partial charge on any atom is -0.342 e. The lowest BCUT2D eigenvalue weighted by molar-refractivity contribution is 0.102. The molecule has 19 heavy (non-hydrogen) atoms. The predicted octanol–water partition coefficient (Wildman–Crippen LogP) is 2.16. The van der Waals surface area contributed by atoms with Gasteiger partial charge in [-0.25, -0.2) is 4.98 Å². The number of hydrogen-bond donors (Lipinski definition) is 3. The highest BCUT2D eigenvalue weighted by atomic mass is 16.1. The van der Waals surface area contributed by atoms with E-state index >= 15 is 0 Å². The molecule has 0 saturated carbocycles. The van der Waals surface area contributed by atoms with Gasteiger partial charge in [0.25, 0.3) is 5.91 Å². The molecule has 96 valence electrons. The van der Waals surface area contributed by atoms with Crippen LogP contribution in [-0.2, 0) is 0 Å². The monoisotopic (exact) mass is 255 g/mol. The molecule has 0 radical (unpaired) electrons. The molecule has 3 aromatic rings. The van der Waals surface area contributed by atoms with Crippen LogP contribution >= 0.6 is 0 Å². The fourth-order valence-electron chi connectivity index (χ4n) is 1.94. The van der Waals surface area contributed by atoms with E-state index in [1.165, 1.54) is 0 Å². The van der Waals surface area contributed by atoms with Crippen LogP contribution in [0.4, 0.5) is 5.69 Å². The number of aromatic amines is 2. The topological polar surface area (TPSA) is 86.5 Å². The minimum absolute atomic E-state index is 0.236. The number of carbonyl (C=O) groups excluding carboxylic acids is 1. The minimum atomic E-state index is -0.236. The number of nitrogens with zero attached hydrogens (tertiary/aromatic N) is 2. The number of rotatable bonds is 2. The highest BCUT2D eigenvalue weighted by Crippen LogP contribution is 2.17. The fraction of sp³-hybridized carbons (Fsp3) is 0.154. The number of H-pyrrole nitrogens is 2. The first-order valence-electron chi connectivity index (χ1n) is 5.91. The molecule has 3 N–H and O–H groups in total. The number of benzene rings is 1. The molecule has 0 atom stereocenters. The third kappa shape index (κ3) is 2.20. The Bertz CT molecular complexity index is 755. The Labute approximate surface area is 109 Å². The van der Waals surface area contributed by atoms with Crippen LogP contribution in [0.3, 0.4) is 0 Å². The largest absolute Gasteiger partial charge is 0.342 e. The maximum absolute atomic E-state index is 11.9. The normalized spacial score (nSPS) is 10.8. The molecular weight excluding hydrogens is 242 g/mol. The van der Waals surface area contributed by atoms with Gasteiger partial charge in [-0.05, 0) is 38.1 Å². The zero-order valence-electron chi connectivity index (χ0n) is 10.6. The summed E-state index contributed by atoms with van der Waals surface area (Å²) in [6, 6.07) is 7.24. The lowest BCUT2D eigenvalue weighted by Gasteiger charge is -2.02. The standard InChI is InChI=1S/C13H13N5O/c1-7-5-12(18-17-7)13(19)16-9-3-4-10-11(6-9)15-8(2)14-10/h3-6H,1-2H3,(H,14,15)(H,16,19)(H,17,18). The number of amides is 1. The molecule has 1 amide bonds. The van der Waals surface area contributed by atoms with E-state index in [1.54, 1.807) is 6.07 Å².